The van der Waals surface area contributed by atoms with Crippen molar-refractivity contribution in [3.63, 3.8) is 0 Å². The number of aromatic nitrogens is 2. The van der Waals surface area contributed by atoms with Gasteiger partial charge in [-0.25, -0.2) is 4.79 Å². The van der Waals surface area contributed by atoms with Crippen LogP contribution in [0.1, 0.15) is 38.9 Å². The second-order valence-corrected chi connectivity index (χ2v) is 7.93. The molecule has 9 nitrogen and oxygen atoms in total. The van der Waals surface area contributed by atoms with Gasteiger partial charge in [-0.3, -0.25) is 20.0 Å². The third-order valence-electron chi connectivity index (χ3n) is 5.82. The van der Waals surface area contributed by atoms with Crippen LogP contribution in [-0.2, 0) is 11.3 Å². The molecule has 1 aliphatic rings. The van der Waals surface area contributed by atoms with Gasteiger partial charge < -0.3 is 15.0 Å². The number of hydrogen-bond donors (Lipinski definition) is 3. The van der Waals surface area contributed by atoms with Gasteiger partial charge >= 0.3 is 6.03 Å². The van der Waals surface area contributed by atoms with Gasteiger partial charge in [-0.1, -0.05) is 30.3 Å². The van der Waals surface area contributed by atoms with E-state index < -0.39 is 12.1 Å². The fourth-order valence-electron chi connectivity index (χ4n) is 4.18. The number of methoxy groups -OCH3 is 1. The minimum atomic E-state index is -0.633. The lowest BCUT2D eigenvalue weighted by Gasteiger charge is -2.25. The summed E-state index contributed by atoms with van der Waals surface area (Å²) < 4.78 is 5.24. The molecular formula is C24H25N5O4. The monoisotopic (exact) mass is 447 g/mol. The summed E-state index contributed by atoms with van der Waals surface area (Å²) in [4.78, 5) is 37.5. The summed E-state index contributed by atoms with van der Waals surface area (Å²) in [6.45, 7) is 4.57. The molecule has 0 saturated heterocycles. The molecule has 0 radical (unpaired) electrons. The van der Waals surface area contributed by atoms with Gasteiger partial charge in [0, 0.05) is 29.9 Å². The Bertz CT molecular complexity index is 1180. The maximum absolute atomic E-state index is 13.0. The van der Waals surface area contributed by atoms with Crippen molar-refractivity contribution in [1.82, 2.24) is 25.7 Å². The molecule has 0 aliphatic carbocycles. The van der Waals surface area contributed by atoms with Gasteiger partial charge in [-0.15, -0.1) is 0 Å². The number of rotatable bonds is 7. The average molecular weight is 447 g/mol. The van der Waals surface area contributed by atoms with E-state index in [0.29, 0.717) is 24.3 Å². The van der Waals surface area contributed by atoms with E-state index in [1.807, 2.05) is 50.2 Å². The van der Waals surface area contributed by atoms with E-state index in [1.165, 1.54) is 0 Å². The molecule has 170 valence electrons. The van der Waals surface area contributed by atoms with Crippen molar-refractivity contribution in [2.75, 3.05) is 13.7 Å². The minimum Gasteiger partial charge on any atom is -0.497 e. The van der Waals surface area contributed by atoms with E-state index in [1.54, 1.807) is 18.1 Å². The number of carbonyl (C=O) groups excluding carboxylic acids is 3. The lowest BCUT2D eigenvalue weighted by Crippen LogP contribution is -2.42. The summed E-state index contributed by atoms with van der Waals surface area (Å²) in [6.07, 6.45) is 0.323. The van der Waals surface area contributed by atoms with Gasteiger partial charge in [0.15, 0.2) is 0 Å². The second-order valence-electron chi connectivity index (χ2n) is 7.93. The summed E-state index contributed by atoms with van der Waals surface area (Å²) in [6, 6.07) is 12.0. The predicted octanol–water partition coefficient (Wildman–Crippen LogP) is 2.85. The lowest BCUT2D eigenvalue weighted by atomic mass is 9.99. The molecule has 0 spiro atoms. The van der Waals surface area contributed by atoms with E-state index >= 15 is 0 Å². The molecule has 3 N–H and O–H groups in total. The van der Waals surface area contributed by atoms with Crippen LogP contribution in [0.4, 0.5) is 4.79 Å². The first-order valence-corrected chi connectivity index (χ1v) is 10.5. The molecule has 0 unspecified atom stereocenters. The fourth-order valence-corrected chi connectivity index (χ4v) is 4.18. The Labute approximate surface area is 191 Å². The van der Waals surface area contributed by atoms with Crippen molar-refractivity contribution >= 4 is 18.3 Å². The van der Waals surface area contributed by atoms with Crippen LogP contribution in [0.15, 0.2) is 42.5 Å². The number of H-pyrrole nitrogens is 1. The largest absolute Gasteiger partial charge is 0.497 e. The fraction of sp³-hybridized carbons (Fsp3) is 0.250. The van der Waals surface area contributed by atoms with E-state index in [-0.39, 0.29) is 12.5 Å². The first-order chi connectivity index (χ1) is 15.9. The van der Waals surface area contributed by atoms with Crippen molar-refractivity contribution in [3.05, 3.63) is 70.5 Å². The normalized spacial score (nSPS) is 13.4. The average Bonchev–Trinajstić information content (AvgIpc) is 3.31. The van der Waals surface area contributed by atoms with Gasteiger partial charge in [0.2, 0.25) is 6.41 Å². The second kappa shape index (κ2) is 9.15. The Morgan fingerprint density at radius 1 is 1.24 bits per heavy atom. The minimum absolute atomic E-state index is 0.132. The van der Waals surface area contributed by atoms with Crippen LogP contribution in [-0.4, -0.2) is 47.1 Å². The van der Waals surface area contributed by atoms with E-state index in [9.17, 15) is 14.4 Å². The number of aromatic amines is 1. The molecule has 1 aliphatic heterocycles. The topological polar surface area (TPSA) is 116 Å². The molecule has 2 aromatic carbocycles. The molecule has 2 heterocycles. The molecule has 33 heavy (non-hydrogen) atoms. The number of ether oxygens (including phenoxy) is 1. The van der Waals surface area contributed by atoms with Crippen molar-refractivity contribution in [2.24, 2.45) is 0 Å². The zero-order valence-corrected chi connectivity index (χ0v) is 18.6. The van der Waals surface area contributed by atoms with E-state index in [2.05, 4.69) is 20.8 Å². The van der Waals surface area contributed by atoms with Gasteiger partial charge in [0.25, 0.3) is 5.91 Å². The number of imide groups is 1. The van der Waals surface area contributed by atoms with Crippen molar-refractivity contribution in [2.45, 2.75) is 26.4 Å². The number of fused-ring (bicyclic) bond motifs is 1. The molecule has 3 aromatic rings. The highest BCUT2D eigenvalue weighted by atomic mass is 16.5. The number of carbonyl (C=O) groups is 3. The SMILES string of the molecule is COc1ccc2c(c1)C(=O)N(C[C@H](NC(=O)NC=O)c1ccc(-c3c(C)n[nH]c3C)cc1)C2. The Morgan fingerprint density at radius 3 is 2.64 bits per heavy atom. The Balaban J connectivity index is 1.59. The molecule has 0 saturated carbocycles. The molecular weight excluding hydrogens is 422 g/mol. The van der Waals surface area contributed by atoms with Crippen LogP contribution < -0.4 is 15.4 Å². The van der Waals surface area contributed by atoms with Gasteiger partial charge in [-0.05, 0) is 42.7 Å². The highest BCUT2D eigenvalue weighted by Gasteiger charge is 2.30. The van der Waals surface area contributed by atoms with Crippen molar-refractivity contribution in [3.8, 4) is 16.9 Å². The van der Waals surface area contributed by atoms with Crippen LogP contribution in [0.3, 0.4) is 0 Å². The van der Waals surface area contributed by atoms with E-state index in [0.717, 1.165) is 33.6 Å². The number of amides is 4. The molecule has 0 fully saturated rings. The lowest BCUT2D eigenvalue weighted by molar-refractivity contribution is -0.108. The number of benzene rings is 2. The summed E-state index contributed by atoms with van der Waals surface area (Å²) in [7, 11) is 1.56. The molecule has 9 heteroatoms. The number of urea groups is 1. The molecule has 4 rings (SSSR count). The number of nitrogens with one attached hydrogen (secondary N) is 3. The third kappa shape index (κ3) is 4.43. The first-order valence-electron chi connectivity index (χ1n) is 10.5. The summed E-state index contributed by atoms with van der Waals surface area (Å²) in [5.74, 6) is 0.483. The first kappa shape index (κ1) is 22.1. The Morgan fingerprint density at radius 2 is 2.00 bits per heavy atom. The van der Waals surface area contributed by atoms with E-state index in [4.69, 9.17) is 4.74 Å². The zero-order chi connectivity index (χ0) is 23.5. The summed E-state index contributed by atoms with van der Waals surface area (Å²) in [5, 5.41) is 12.1. The molecule has 1 aromatic heterocycles. The van der Waals surface area contributed by atoms with Gasteiger partial charge in [-0.2, -0.15) is 5.10 Å². The quantitative estimate of drug-likeness (QED) is 0.482. The summed E-state index contributed by atoms with van der Waals surface area (Å²) >= 11 is 0. The zero-order valence-electron chi connectivity index (χ0n) is 18.6. The standard InChI is InChI=1S/C24H25N5O4/c1-14-22(15(2)28-27-14)17-6-4-16(5-7-17)21(26-24(32)25-13-30)12-29-11-18-8-9-19(33-3)10-20(18)23(29)31/h4-10,13,21H,11-12H2,1-3H3,(H,27,28)(H2,25,26,30,32)/t21-/m0/s1. The van der Waals surface area contributed by atoms with Crippen LogP contribution in [0.5, 0.6) is 5.75 Å². The number of nitrogens with zero attached hydrogens (tertiary/aromatic N) is 2. The highest BCUT2D eigenvalue weighted by Crippen LogP contribution is 2.30. The van der Waals surface area contributed by atoms with Gasteiger partial charge in [0.05, 0.1) is 18.8 Å². The molecule has 4 amide bonds. The van der Waals surface area contributed by atoms with Crippen LogP contribution in [0.25, 0.3) is 11.1 Å². The van der Waals surface area contributed by atoms with Crippen LogP contribution >= 0.6 is 0 Å². The predicted molar refractivity (Wildman–Crippen MR) is 122 cm³/mol. The summed E-state index contributed by atoms with van der Waals surface area (Å²) in [5.41, 5.74) is 6.19. The Hall–Kier alpha value is -4.14. The van der Waals surface area contributed by atoms with Crippen LogP contribution in [0, 0.1) is 13.8 Å². The Kier molecular flexibility index (Phi) is 6.12. The van der Waals surface area contributed by atoms with Crippen molar-refractivity contribution < 1.29 is 19.1 Å². The third-order valence-corrected chi connectivity index (χ3v) is 5.82. The molecule has 1 atom stereocenters. The number of aryl methyl sites for hydroxylation is 2. The van der Waals surface area contributed by atoms with Crippen molar-refractivity contribution in [1.29, 1.82) is 0 Å². The maximum Gasteiger partial charge on any atom is 0.321 e. The maximum atomic E-state index is 13.0. The van der Waals surface area contributed by atoms with Crippen LogP contribution in [0.2, 0.25) is 0 Å². The highest BCUT2D eigenvalue weighted by molar-refractivity contribution is 5.98. The van der Waals surface area contributed by atoms with Gasteiger partial charge in [0.1, 0.15) is 5.75 Å². The smallest absolute Gasteiger partial charge is 0.321 e. The number of hydrogen-bond acceptors (Lipinski definition) is 5. The molecule has 0 bridgehead atoms.